The number of hydrogen-bond donors (Lipinski definition) is 1. The molecule has 1 fully saturated rings. The predicted molar refractivity (Wildman–Crippen MR) is 95.8 cm³/mol. The molecule has 0 aromatic heterocycles. The van der Waals surface area contributed by atoms with Crippen molar-refractivity contribution in [3.8, 4) is 0 Å². The second-order valence-corrected chi connectivity index (χ2v) is 8.07. The summed E-state index contributed by atoms with van der Waals surface area (Å²) in [4.78, 5) is 16.7. The number of rotatable bonds is 6. The minimum Gasteiger partial charge on any atom is -0.444 e. The fourth-order valence-electron chi connectivity index (χ4n) is 3.01. The van der Waals surface area contributed by atoms with Crippen molar-refractivity contribution < 1.29 is 9.53 Å². The predicted octanol–water partition coefficient (Wildman–Crippen LogP) is 3.10. The Kier molecular flexibility index (Phi) is 8.34. The van der Waals surface area contributed by atoms with Crippen LogP contribution in [-0.2, 0) is 4.74 Å². The van der Waals surface area contributed by atoms with Crippen molar-refractivity contribution >= 4 is 6.09 Å². The highest BCUT2D eigenvalue weighted by Crippen LogP contribution is 2.23. The third kappa shape index (κ3) is 8.56. The molecular weight excluding hydrogens is 290 g/mol. The van der Waals surface area contributed by atoms with Crippen LogP contribution >= 0.6 is 0 Å². The Morgan fingerprint density at radius 1 is 1.30 bits per heavy atom. The van der Waals surface area contributed by atoms with Gasteiger partial charge in [-0.15, -0.1) is 0 Å². The molecule has 1 aliphatic rings. The lowest BCUT2D eigenvalue weighted by Crippen LogP contribution is -2.46. The Morgan fingerprint density at radius 3 is 2.61 bits per heavy atom. The van der Waals surface area contributed by atoms with E-state index in [0.29, 0.717) is 6.04 Å². The van der Waals surface area contributed by atoms with E-state index in [9.17, 15) is 4.79 Å². The zero-order chi connectivity index (χ0) is 17.5. The summed E-state index contributed by atoms with van der Waals surface area (Å²) < 4.78 is 5.62. The molecule has 136 valence electrons. The van der Waals surface area contributed by atoms with Gasteiger partial charge < -0.3 is 19.9 Å². The highest BCUT2D eigenvalue weighted by molar-refractivity contribution is 5.68. The molecule has 0 saturated carbocycles. The molecule has 0 aromatic rings. The summed E-state index contributed by atoms with van der Waals surface area (Å²) in [6.45, 7) is 10.9. The zero-order valence-electron chi connectivity index (χ0n) is 16.0. The van der Waals surface area contributed by atoms with Gasteiger partial charge in [-0.05, 0) is 61.1 Å². The van der Waals surface area contributed by atoms with E-state index in [0.717, 1.165) is 38.9 Å². The number of amides is 1. The molecule has 0 spiro atoms. The van der Waals surface area contributed by atoms with Gasteiger partial charge in [0.05, 0.1) is 0 Å². The van der Waals surface area contributed by atoms with Crippen molar-refractivity contribution in [2.24, 2.45) is 0 Å². The highest BCUT2D eigenvalue weighted by atomic mass is 16.6. The molecule has 1 heterocycles. The van der Waals surface area contributed by atoms with E-state index in [1.165, 1.54) is 12.8 Å². The van der Waals surface area contributed by atoms with Gasteiger partial charge in [0.1, 0.15) is 5.60 Å². The molecule has 1 rings (SSSR count). The molecule has 1 N–H and O–H groups in total. The average Bonchev–Trinajstić information content (AvgIpc) is 2.61. The van der Waals surface area contributed by atoms with Gasteiger partial charge in [0.25, 0.3) is 0 Å². The van der Waals surface area contributed by atoms with Gasteiger partial charge in [-0.1, -0.05) is 12.8 Å². The van der Waals surface area contributed by atoms with E-state index in [2.05, 4.69) is 31.2 Å². The van der Waals surface area contributed by atoms with Crippen molar-refractivity contribution in [2.45, 2.75) is 77.5 Å². The molecule has 2 atom stereocenters. The lowest BCUT2D eigenvalue weighted by Gasteiger charge is -2.34. The second-order valence-electron chi connectivity index (χ2n) is 8.07. The Hall–Kier alpha value is -0.810. The lowest BCUT2D eigenvalue weighted by molar-refractivity contribution is 0.0150. The van der Waals surface area contributed by atoms with Crippen LogP contribution in [-0.4, -0.2) is 67.3 Å². The first-order valence-corrected chi connectivity index (χ1v) is 9.07. The van der Waals surface area contributed by atoms with E-state index in [-0.39, 0.29) is 12.1 Å². The maximum Gasteiger partial charge on any atom is 0.410 e. The molecule has 23 heavy (non-hydrogen) atoms. The van der Waals surface area contributed by atoms with Crippen LogP contribution < -0.4 is 5.32 Å². The Labute approximate surface area is 142 Å². The fraction of sp³-hybridized carbons (Fsp3) is 0.944. The van der Waals surface area contributed by atoms with E-state index >= 15 is 0 Å². The van der Waals surface area contributed by atoms with Crippen LogP contribution in [0.5, 0.6) is 0 Å². The molecule has 0 bridgehead atoms. The van der Waals surface area contributed by atoms with Crippen molar-refractivity contribution in [1.29, 1.82) is 0 Å². The maximum atomic E-state index is 12.5. The number of likely N-dealkylation sites (tertiary alicyclic amines) is 1. The molecule has 0 aliphatic carbocycles. The van der Waals surface area contributed by atoms with Gasteiger partial charge in [-0.3, -0.25) is 0 Å². The SMILES string of the molecule is CC(CC1CCCCCN1C(=O)OC(C)(C)C)NCCN(C)C. The Morgan fingerprint density at radius 2 is 2.00 bits per heavy atom. The highest BCUT2D eigenvalue weighted by Gasteiger charge is 2.30. The second kappa shape index (κ2) is 9.48. The molecular formula is C18H37N3O2. The van der Waals surface area contributed by atoms with Crippen LogP contribution in [0.1, 0.15) is 59.8 Å². The molecule has 1 saturated heterocycles. The van der Waals surface area contributed by atoms with Gasteiger partial charge >= 0.3 is 6.09 Å². The average molecular weight is 328 g/mol. The van der Waals surface area contributed by atoms with Gasteiger partial charge in [-0.25, -0.2) is 4.79 Å². The Bertz CT molecular complexity index is 353. The van der Waals surface area contributed by atoms with E-state index < -0.39 is 5.60 Å². The number of ether oxygens (including phenoxy) is 1. The molecule has 1 aliphatic heterocycles. The smallest absolute Gasteiger partial charge is 0.410 e. The molecule has 5 nitrogen and oxygen atoms in total. The first-order valence-electron chi connectivity index (χ1n) is 9.07. The van der Waals surface area contributed by atoms with Crippen LogP contribution in [0, 0.1) is 0 Å². The zero-order valence-corrected chi connectivity index (χ0v) is 16.0. The quantitative estimate of drug-likeness (QED) is 0.814. The van der Waals surface area contributed by atoms with Crippen LogP contribution in [0.15, 0.2) is 0 Å². The molecule has 5 heteroatoms. The summed E-state index contributed by atoms with van der Waals surface area (Å²) in [7, 11) is 4.17. The van der Waals surface area contributed by atoms with Crippen LogP contribution in [0.2, 0.25) is 0 Å². The maximum absolute atomic E-state index is 12.5. The number of nitrogens with zero attached hydrogens (tertiary/aromatic N) is 2. The lowest BCUT2D eigenvalue weighted by atomic mass is 10.0. The van der Waals surface area contributed by atoms with Gasteiger partial charge in [0.2, 0.25) is 0 Å². The third-order valence-electron chi connectivity index (χ3n) is 4.18. The minimum atomic E-state index is -0.427. The molecule has 1 amide bonds. The third-order valence-corrected chi connectivity index (χ3v) is 4.18. The summed E-state index contributed by atoms with van der Waals surface area (Å²) in [6.07, 6.45) is 5.42. The van der Waals surface area contributed by atoms with Crippen molar-refractivity contribution in [2.75, 3.05) is 33.7 Å². The molecule has 2 unspecified atom stereocenters. The van der Waals surface area contributed by atoms with E-state index in [1.54, 1.807) is 0 Å². The van der Waals surface area contributed by atoms with Crippen LogP contribution in [0.3, 0.4) is 0 Å². The van der Waals surface area contributed by atoms with Crippen molar-refractivity contribution in [3.05, 3.63) is 0 Å². The molecule has 0 aromatic carbocycles. The monoisotopic (exact) mass is 327 g/mol. The number of hydrogen-bond acceptors (Lipinski definition) is 4. The van der Waals surface area contributed by atoms with Gasteiger partial charge in [-0.2, -0.15) is 0 Å². The summed E-state index contributed by atoms with van der Waals surface area (Å²) in [5.41, 5.74) is -0.427. The summed E-state index contributed by atoms with van der Waals surface area (Å²) in [5, 5.41) is 3.57. The number of nitrogens with one attached hydrogen (secondary N) is 1. The summed E-state index contributed by atoms with van der Waals surface area (Å²) >= 11 is 0. The van der Waals surface area contributed by atoms with Crippen molar-refractivity contribution in [3.63, 3.8) is 0 Å². The number of carbonyl (C=O) groups excluding carboxylic acids is 1. The van der Waals surface area contributed by atoms with Crippen LogP contribution in [0.4, 0.5) is 4.79 Å². The van der Waals surface area contributed by atoms with E-state index in [1.807, 2.05) is 25.7 Å². The van der Waals surface area contributed by atoms with Gasteiger partial charge in [0, 0.05) is 31.7 Å². The summed E-state index contributed by atoms with van der Waals surface area (Å²) in [6, 6.07) is 0.692. The number of likely N-dealkylation sites (N-methyl/N-ethyl adjacent to an activating group) is 1. The first kappa shape index (κ1) is 20.2. The topological polar surface area (TPSA) is 44.8 Å². The largest absolute Gasteiger partial charge is 0.444 e. The van der Waals surface area contributed by atoms with Crippen LogP contribution in [0.25, 0.3) is 0 Å². The van der Waals surface area contributed by atoms with E-state index in [4.69, 9.17) is 4.74 Å². The minimum absolute atomic E-state index is 0.148. The summed E-state index contributed by atoms with van der Waals surface area (Å²) in [5.74, 6) is 0. The Balaban J connectivity index is 2.57. The standard InChI is InChI=1S/C18H37N3O2/c1-15(19-11-13-20(5)6)14-16-10-8-7-9-12-21(16)17(22)23-18(2,3)4/h15-16,19H,7-14H2,1-6H3. The molecule has 0 radical (unpaired) electrons. The first-order chi connectivity index (χ1) is 10.7. The number of carbonyl (C=O) groups is 1. The van der Waals surface area contributed by atoms with Gasteiger partial charge in [0.15, 0.2) is 0 Å². The normalized spacial score (nSPS) is 21.2. The van der Waals surface area contributed by atoms with Crippen molar-refractivity contribution in [1.82, 2.24) is 15.1 Å². The fourth-order valence-corrected chi connectivity index (χ4v) is 3.01.